The lowest BCUT2D eigenvalue weighted by atomic mass is 9.94. The summed E-state index contributed by atoms with van der Waals surface area (Å²) in [4.78, 5) is 22.4. The minimum Gasteiger partial charge on any atom is -0.469 e. The molecule has 23 heteroatoms. The van der Waals surface area contributed by atoms with Crippen LogP contribution in [0.4, 0.5) is 0 Å². The number of hydrogen-bond acceptors (Lipinski definition) is 23. The maximum atomic E-state index is 11.4. The van der Waals surface area contributed by atoms with Gasteiger partial charge in [-0.25, -0.2) is 0 Å². The molecule has 3 heterocycles. The van der Waals surface area contributed by atoms with Crippen molar-refractivity contribution in [2.45, 2.75) is 201 Å². The summed E-state index contributed by atoms with van der Waals surface area (Å²) in [5, 5.41) is 110. The standard InChI is InChI=1S/C43H79NO20S2/c1-3-4-5-6-7-9-12-15-26(16-13-10-8-11-14-17-32(50)57-2)66-25-65-23-44-18-28(48)34(52)30(20-46)61-41-38(56)36(54)31(22-59-41)62-43-39(35(53)29(49)21-58-43)63-42-37(55)33(51)27(19-45)40(64-42)60-24-47/h24,26-31,33-46,48-49,51-56H,3-23,25H2,1-2H3/t26?,27-,28?,29+,30?,31+,33-,34?,35?,36-,37?,38?,39?,40?,41-,42-,43-/m0/s1. The Morgan fingerprint density at radius 3 is 2.05 bits per heavy atom. The highest BCUT2D eigenvalue weighted by Gasteiger charge is 2.51. The molecular weight excluding hydrogens is 915 g/mol. The molecule has 3 rings (SSSR count). The van der Waals surface area contributed by atoms with Gasteiger partial charge in [-0.2, -0.15) is 0 Å². The van der Waals surface area contributed by atoms with Gasteiger partial charge in [0.2, 0.25) is 6.29 Å². The summed E-state index contributed by atoms with van der Waals surface area (Å²) in [6, 6.07) is 0. The Balaban J connectivity index is 1.43. The fourth-order valence-electron chi connectivity index (χ4n) is 7.90. The van der Waals surface area contributed by atoms with Crippen LogP contribution in [-0.2, 0) is 47.5 Å². The first kappa shape index (κ1) is 59.3. The number of methoxy groups -OCH3 is 1. The van der Waals surface area contributed by atoms with E-state index >= 15 is 0 Å². The summed E-state index contributed by atoms with van der Waals surface area (Å²) in [7, 11) is 1.41. The Bertz CT molecular complexity index is 1290. The van der Waals surface area contributed by atoms with E-state index in [1.807, 2.05) is 11.8 Å². The average Bonchev–Trinajstić information content (AvgIpc) is 3.31. The second kappa shape index (κ2) is 33.5. The smallest absolute Gasteiger partial charge is 0.305 e. The zero-order valence-corrected chi connectivity index (χ0v) is 40.0. The Kier molecular flexibility index (Phi) is 30.1. The molecule has 3 aliphatic heterocycles. The molecule has 11 N–H and O–H groups in total. The zero-order valence-electron chi connectivity index (χ0n) is 38.3. The number of unbranched alkanes of at least 4 members (excludes halogenated alkanes) is 10. The van der Waals surface area contributed by atoms with Crippen molar-refractivity contribution in [3.8, 4) is 0 Å². The monoisotopic (exact) mass is 993 g/mol. The van der Waals surface area contributed by atoms with Gasteiger partial charge in [-0.3, -0.25) is 9.59 Å². The first-order chi connectivity index (χ1) is 31.8. The van der Waals surface area contributed by atoms with Crippen molar-refractivity contribution in [2.24, 2.45) is 5.92 Å². The van der Waals surface area contributed by atoms with Crippen LogP contribution in [0.3, 0.4) is 0 Å². The molecule has 0 bridgehead atoms. The van der Waals surface area contributed by atoms with E-state index in [-0.39, 0.29) is 19.0 Å². The topological polar surface area (TPSA) is 322 Å². The molecule has 0 saturated carbocycles. The molecule has 0 radical (unpaired) electrons. The van der Waals surface area contributed by atoms with Crippen molar-refractivity contribution < 1.29 is 98.5 Å². The molecule has 0 aromatic heterocycles. The van der Waals surface area contributed by atoms with Crippen LogP contribution in [0, 0.1) is 5.92 Å². The number of ether oxygens (including phenoxy) is 8. The van der Waals surface area contributed by atoms with E-state index in [1.165, 1.54) is 52.1 Å². The maximum Gasteiger partial charge on any atom is 0.305 e. The van der Waals surface area contributed by atoms with E-state index < -0.39 is 125 Å². The van der Waals surface area contributed by atoms with Crippen LogP contribution in [0.15, 0.2) is 0 Å². The van der Waals surface area contributed by atoms with Gasteiger partial charge in [0.1, 0.15) is 54.9 Å². The second-order valence-electron chi connectivity index (χ2n) is 17.1. The molecule has 3 fully saturated rings. The fraction of sp³-hybridized carbons (Fsp3) is 0.953. The minimum atomic E-state index is -1.84. The van der Waals surface area contributed by atoms with Gasteiger partial charge in [0.15, 0.2) is 18.9 Å². The molecule has 0 spiro atoms. The molecule has 0 aromatic rings. The number of hydrogen-bond donors (Lipinski definition) is 11. The van der Waals surface area contributed by atoms with Crippen molar-refractivity contribution in [2.75, 3.05) is 51.0 Å². The number of thioether (sulfide) groups is 2. The number of carbonyl (C=O) groups is 2. The average molecular weight is 994 g/mol. The third-order valence-electron chi connectivity index (χ3n) is 12.0. The third kappa shape index (κ3) is 20.0. The Hall–Kier alpha value is -1.04. The Morgan fingerprint density at radius 1 is 0.773 bits per heavy atom. The van der Waals surface area contributed by atoms with Crippen LogP contribution in [-0.4, -0.2) is 212 Å². The molecule has 0 amide bonds. The molecule has 3 saturated heterocycles. The van der Waals surface area contributed by atoms with Crippen molar-refractivity contribution >= 4 is 36.0 Å². The molecule has 21 nitrogen and oxygen atoms in total. The lowest BCUT2D eigenvalue weighted by molar-refractivity contribution is -0.384. The van der Waals surface area contributed by atoms with Crippen molar-refractivity contribution in [3.63, 3.8) is 0 Å². The number of aliphatic hydroxyl groups is 10. The Morgan fingerprint density at radius 2 is 1.41 bits per heavy atom. The van der Waals surface area contributed by atoms with Crippen LogP contribution in [0.2, 0.25) is 0 Å². The number of esters is 1. The summed E-state index contributed by atoms with van der Waals surface area (Å²) < 4.78 is 43.1. The lowest BCUT2D eigenvalue weighted by Crippen LogP contribution is -2.63. The van der Waals surface area contributed by atoms with Crippen molar-refractivity contribution in [1.29, 1.82) is 0 Å². The molecule has 0 aromatic carbocycles. The molecule has 388 valence electrons. The first-order valence-corrected chi connectivity index (χ1v) is 25.6. The van der Waals surface area contributed by atoms with Gasteiger partial charge < -0.3 is 94.3 Å². The van der Waals surface area contributed by atoms with Crippen LogP contribution >= 0.6 is 23.5 Å². The van der Waals surface area contributed by atoms with E-state index in [2.05, 4.69) is 12.2 Å². The van der Waals surface area contributed by atoms with E-state index in [4.69, 9.17) is 37.9 Å². The normalized spacial score (nSPS) is 32.3. The largest absolute Gasteiger partial charge is 0.469 e. The summed E-state index contributed by atoms with van der Waals surface area (Å²) in [5.41, 5.74) is 0. The summed E-state index contributed by atoms with van der Waals surface area (Å²) in [6.07, 6.45) is -7.75. The van der Waals surface area contributed by atoms with Crippen LogP contribution in [0.5, 0.6) is 0 Å². The number of carbonyl (C=O) groups excluding carboxylic acids is 2. The summed E-state index contributed by atoms with van der Waals surface area (Å²) in [5.74, 6) is -0.921. The van der Waals surface area contributed by atoms with E-state index in [0.29, 0.717) is 17.5 Å². The Labute approximate surface area is 396 Å². The first-order valence-electron chi connectivity index (χ1n) is 23.4. The van der Waals surface area contributed by atoms with Crippen LogP contribution < -0.4 is 5.32 Å². The van der Waals surface area contributed by atoms with Gasteiger partial charge >= 0.3 is 5.97 Å². The molecule has 9 unspecified atom stereocenters. The predicted molar refractivity (Wildman–Crippen MR) is 239 cm³/mol. The molecule has 3 aliphatic rings. The number of nitrogens with one attached hydrogen (secondary N) is 1. The van der Waals surface area contributed by atoms with E-state index in [1.54, 1.807) is 11.8 Å². The molecule has 66 heavy (non-hydrogen) atoms. The van der Waals surface area contributed by atoms with Gasteiger partial charge in [0.25, 0.3) is 6.47 Å². The third-order valence-corrected chi connectivity index (χ3v) is 14.6. The number of rotatable bonds is 35. The van der Waals surface area contributed by atoms with Crippen molar-refractivity contribution in [1.82, 2.24) is 5.32 Å². The summed E-state index contributed by atoms with van der Waals surface area (Å²) in [6.45, 7) is -0.293. The van der Waals surface area contributed by atoms with Gasteiger partial charge in [-0.15, -0.1) is 23.5 Å². The summed E-state index contributed by atoms with van der Waals surface area (Å²) >= 11 is 3.59. The zero-order chi connectivity index (χ0) is 48.4. The molecule has 17 atom stereocenters. The van der Waals surface area contributed by atoms with Gasteiger partial charge in [0.05, 0.1) is 51.7 Å². The van der Waals surface area contributed by atoms with Crippen molar-refractivity contribution in [3.05, 3.63) is 0 Å². The maximum absolute atomic E-state index is 11.4. The van der Waals surface area contributed by atoms with Crippen LogP contribution in [0.25, 0.3) is 0 Å². The lowest BCUT2D eigenvalue weighted by Gasteiger charge is -2.46. The highest BCUT2D eigenvalue weighted by molar-refractivity contribution is 8.16. The SMILES string of the molecule is CCCCCCCCCC(CCCCCCCC(=O)OC)SCSCNCC(O)C(O)C(CO)O[C@@H]1OC[C@@H](O[C@@H]2OC[C@@H](O)C(O)C2O[C@H]2OC(OC=O)[C@@H](CO)[C@H](O)C2O)[C@H](O)C1O. The number of aliphatic hydroxyl groups excluding tert-OH is 10. The minimum absolute atomic E-state index is 0.00206. The molecule has 0 aliphatic carbocycles. The highest BCUT2D eigenvalue weighted by Crippen LogP contribution is 2.33. The predicted octanol–water partition coefficient (Wildman–Crippen LogP) is -0.418. The fourth-order valence-corrected chi connectivity index (χ4v) is 10.3. The molecular formula is C43H79NO20S2. The quantitative estimate of drug-likeness (QED) is 0.0166. The van der Waals surface area contributed by atoms with Crippen LogP contribution in [0.1, 0.15) is 103 Å². The van der Waals surface area contributed by atoms with Gasteiger partial charge in [0, 0.05) is 29.2 Å². The van der Waals surface area contributed by atoms with Gasteiger partial charge in [-0.05, 0) is 19.3 Å². The van der Waals surface area contributed by atoms with E-state index in [0.717, 1.165) is 50.0 Å². The second-order valence-corrected chi connectivity index (χ2v) is 19.7. The van der Waals surface area contributed by atoms with E-state index in [9.17, 15) is 60.7 Å². The highest BCUT2D eigenvalue weighted by atomic mass is 32.2. The van der Waals surface area contributed by atoms with Gasteiger partial charge in [-0.1, -0.05) is 77.6 Å².